The molecule has 1 aliphatic carbocycles. The van der Waals surface area contributed by atoms with Gasteiger partial charge in [0.05, 0.1) is 23.2 Å². The van der Waals surface area contributed by atoms with Gasteiger partial charge in [0, 0.05) is 11.5 Å². The SMILES string of the molecule is CCOc1ccc(C(=O)CBr)cc1-c1nn2c(C3CCCC3)nc(C)c2c(=O)[nH]1. The zero-order valence-electron chi connectivity index (χ0n) is 16.5. The zero-order chi connectivity index (χ0) is 20.5. The molecule has 8 heteroatoms. The van der Waals surface area contributed by atoms with E-state index in [4.69, 9.17) is 9.84 Å². The second-order valence-corrected chi connectivity index (χ2v) is 7.86. The molecule has 0 unspecified atom stereocenters. The van der Waals surface area contributed by atoms with Gasteiger partial charge < -0.3 is 9.72 Å². The highest BCUT2D eigenvalue weighted by molar-refractivity contribution is 9.09. The van der Waals surface area contributed by atoms with Crippen LogP contribution in [0.25, 0.3) is 16.9 Å². The first-order valence-corrected chi connectivity index (χ1v) is 11.0. The molecule has 1 aliphatic rings. The molecule has 0 amide bonds. The topological polar surface area (TPSA) is 89.3 Å². The number of nitrogens with zero attached hydrogens (tertiary/aromatic N) is 3. The Balaban J connectivity index is 1.93. The summed E-state index contributed by atoms with van der Waals surface area (Å²) in [5, 5.41) is 4.95. The van der Waals surface area contributed by atoms with Crippen LogP contribution in [0.3, 0.4) is 0 Å². The molecule has 0 spiro atoms. The second-order valence-electron chi connectivity index (χ2n) is 7.30. The number of aromatic nitrogens is 4. The molecule has 0 atom stereocenters. The molecule has 29 heavy (non-hydrogen) atoms. The monoisotopic (exact) mass is 458 g/mol. The van der Waals surface area contributed by atoms with Gasteiger partial charge in [0.15, 0.2) is 17.1 Å². The summed E-state index contributed by atoms with van der Waals surface area (Å²) in [5.41, 5.74) is 2.02. The van der Waals surface area contributed by atoms with Gasteiger partial charge in [-0.25, -0.2) is 9.50 Å². The van der Waals surface area contributed by atoms with Crippen LogP contribution in [0, 0.1) is 6.92 Å². The average molecular weight is 459 g/mol. The van der Waals surface area contributed by atoms with Gasteiger partial charge in [0.2, 0.25) is 0 Å². The highest BCUT2D eigenvalue weighted by Gasteiger charge is 2.25. The molecule has 0 saturated heterocycles. The summed E-state index contributed by atoms with van der Waals surface area (Å²) in [6.45, 7) is 4.19. The minimum Gasteiger partial charge on any atom is -0.493 e. The van der Waals surface area contributed by atoms with Gasteiger partial charge in [-0.3, -0.25) is 9.59 Å². The Morgan fingerprint density at radius 3 is 2.79 bits per heavy atom. The van der Waals surface area contributed by atoms with Crippen molar-refractivity contribution in [1.29, 1.82) is 0 Å². The molecular formula is C21H23BrN4O3. The number of fused-ring (bicyclic) bond motifs is 1. The fourth-order valence-electron chi connectivity index (χ4n) is 4.01. The van der Waals surface area contributed by atoms with Crippen LogP contribution in [0.5, 0.6) is 5.75 Å². The van der Waals surface area contributed by atoms with Crippen molar-refractivity contribution in [3.63, 3.8) is 0 Å². The number of H-pyrrole nitrogens is 1. The fourth-order valence-corrected chi connectivity index (χ4v) is 4.33. The third-order valence-electron chi connectivity index (χ3n) is 5.40. The predicted octanol–water partition coefficient (Wildman–Crippen LogP) is 4.03. The number of nitrogens with one attached hydrogen (secondary N) is 1. The van der Waals surface area contributed by atoms with Gasteiger partial charge in [0.25, 0.3) is 5.56 Å². The Kier molecular flexibility index (Phi) is 5.54. The number of rotatable bonds is 6. The summed E-state index contributed by atoms with van der Waals surface area (Å²) in [6, 6.07) is 5.19. The number of aryl methyl sites for hydroxylation is 1. The van der Waals surface area contributed by atoms with Gasteiger partial charge in [-0.05, 0) is 44.9 Å². The molecule has 1 N–H and O–H groups in total. The number of ether oxygens (including phenoxy) is 1. The molecule has 1 saturated carbocycles. The Morgan fingerprint density at radius 2 is 2.10 bits per heavy atom. The molecule has 1 fully saturated rings. The van der Waals surface area contributed by atoms with E-state index in [0.29, 0.717) is 46.4 Å². The van der Waals surface area contributed by atoms with E-state index in [1.807, 2.05) is 13.8 Å². The fraction of sp³-hybridized carbons (Fsp3) is 0.429. The highest BCUT2D eigenvalue weighted by Crippen LogP contribution is 2.34. The van der Waals surface area contributed by atoms with Crippen LogP contribution in [-0.4, -0.2) is 37.3 Å². The lowest BCUT2D eigenvalue weighted by atomic mass is 10.1. The number of imidazole rings is 1. The van der Waals surface area contributed by atoms with Crippen LogP contribution < -0.4 is 10.3 Å². The predicted molar refractivity (Wildman–Crippen MR) is 114 cm³/mol. The van der Waals surface area contributed by atoms with Crippen molar-refractivity contribution in [2.75, 3.05) is 11.9 Å². The summed E-state index contributed by atoms with van der Waals surface area (Å²) in [6.07, 6.45) is 4.45. The van der Waals surface area contributed by atoms with Crippen molar-refractivity contribution in [2.24, 2.45) is 0 Å². The molecule has 0 radical (unpaired) electrons. The third-order valence-corrected chi connectivity index (χ3v) is 5.91. The Morgan fingerprint density at radius 1 is 1.34 bits per heavy atom. The number of carbonyl (C=O) groups excluding carboxylic acids is 1. The average Bonchev–Trinajstić information content (AvgIpc) is 3.36. The number of halogens is 1. The summed E-state index contributed by atoms with van der Waals surface area (Å²) < 4.78 is 7.43. The highest BCUT2D eigenvalue weighted by atomic mass is 79.9. The number of benzene rings is 1. The van der Waals surface area contributed by atoms with Crippen molar-refractivity contribution in [2.45, 2.75) is 45.4 Å². The van der Waals surface area contributed by atoms with E-state index in [1.54, 1.807) is 22.7 Å². The molecule has 3 aromatic rings. The first-order chi connectivity index (χ1) is 14.0. The number of alkyl halides is 1. The van der Waals surface area contributed by atoms with E-state index in [0.717, 1.165) is 18.7 Å². The Bertz CT molecular complexity index is 1130. The van der Waals surface area contributed by atoms with Gasteiger partial charge in [-0.15, -0.1) is 5.10 Å². The second kappa shape index (κ2) is 8.10. The van der Waals surface area contributed by atoms with E-state index in [2.05, 4.69) is 25.9 Å². The van der Waals surface area contributed by atoms with Crippen molar-refractivity contribution >= 4 is 27.2 Å². The largest absolute Gasteiger partial charge is 0.493 e. The van der Waals surface area contributed by atoms with Crippen LogP contribution in [0.4, 0.5) is 0 Å². The Hall–Kier alpha value is -2.48. The summed E-state index contributed by atoms with van der Waals surface area (Å²) >= 11 is 3.21. The lowest BCUT2D eigenvalue weighted by Crippen LogP contribution is -2.16. The third kappa shape index (κ3) is 3.61. The normalized spacial score (nSPS) is 14.6. The number of hydrogen-bond donors (Lipinski definition) is 1. The molecule has 0 bridgehead atoms. The maximum absolute atomic E-state index is 12.9. The number of Topliss-reactive ketones (excluding diaryl/α,β-unsaturated/α-hetero) is 1. The molecule has 1 aromatic carbocycles. The maximum Gasteiger partial charge on any atom is 0.277 e. The van der Waals surface area contributed by atoms with E-state index in [-0.39, 0.29) is 16.7 Å². The van der Waals surface area contributed by atoms with Crippen molar-refractivity contribution in [3.8, 4) is 17.1 Å². The maximum atomic E-state index is 12.9. The smallest absolute Gasteiger partial charge is 0.277 e. The molecule has 2 aromatic heterocycles. The van der Waals surface area contributed by atoms with Crippen molar-refractivity contribution in [3.05, 3.63) is 45.6 Å². The van der Waals surface area contributed by atoms with E-state index < -0.39 is 0 Å². The van der Waals surface area contributed by atoms with E-state index in [9.17, 15) is 9.59 Å². The van der Waals surface area contributed by atoms with E-state index in [1.165, 1.54) is 12.8 Å². The van der Waals surface area contributed by atoms with Crippen LogP contribution in [0.2, 0.25) is 0 Å². The van der Waals surface area contributed by atoms with Gasteiger partial charge in [0.1, 0.15) is 11.6 Å². The quantitative estimate of drug-likeness (QED) is 0.444. The zero-order valence-corrected chi connectivity index (χ0v) is 18.1. The molecular weight excluding hydrogens is 436 g/mol. The van der Waals surface area contributed by atoms with Crippen molar-refractivity contribution < 1.29 is 9.53 Å². The molecule has 152 valence electrons. The first-order valence-electron chi connectivity index (χ1n) is 9.89. The summed E-state index contributed by atoms with van der Waals surface area (Å²) in [4.78, 5) is 32.6. The molecule has 0 aliphatic heterocycles. The standard InChI is InChI=1S/C21H23BrN4O3/c1-3-29-17-9-8-14(16(27)11-22)10-15(17)19-24-21(28)18-12(2)23-20(26(18)25-19)13-6-4-5-7-13/h8-10,13H,3-7,11H2,1-2H3,(H,24,25,28). The molecule has 4 rings (SSSR count). The van der Waals surface area contributed by atoms with Gasteiger partial charge in [-0.2, -0.15) is 0 Å². The van der Waals surface area contributed by atoms with Gasteiger partial charge in [-0.1, -0.05) is 28.8 Å². The number of ketones is 1. The van der Waals surface area contributed by atoms with Gasteiger partial charge >= 0.3 is 0 Å². The minimum atomic E-state index is -0.246. The van der Waals surface area contributed by atoms with Crippen LogP contribution in [0.1, 0.15) is 60.4 Å². The van der Waals surface area contributed by atoms with Crippen LogP contribution >= 0.6 is 15.9 Å². The summed E-state index contributed by atoms with van der Waals surface area (Å²) in [5.74, 6) is 2.04. The minimum absolute atomic E-state index is 0.0529. The van der Waals surface area contributed by atoms with Crippen LogP contribution in [-0.2, 0) is 0 Å². The van der Waals surface area contributed by atoms with Crippen molar-refractivity contribution in [1.82, 2.24) is 19.6 Å². The lowest BCUT2D eigenvalue weighted by Gasteiger charge is -2.12. The first kappa shape index (κ1) is 19.8. The lowest BCUT2D eigenvalue weighted by molar-refractivity contribution is 0.102. The summed E-state index contributed by atoms with van der Waals surface area (Å²) in [7, 11) is 0. The van der Waals surface area contributed by atoms with Crippen LogP contribution in [0.15, 0.2) is 23.0 Å². The molecule has 2 heterocycles. The number of hydrogen-bond acceptors (Lipinski definition) is 5. The number of aromatic amines is 1. The molecule has 7 nitrogen and oxygen atoms in total. The number of carbonyl (C=O) groups is 1. The van der Waals surface area contributed by atoms with E-state index >= 15 is 0 Å². The Labute approximate surface area is 176 Å².